The summed E-state index contributed by atoms with van der Waals surface area (Å²) >= 11 is 0. The number of rotatable bonds is 4. The fourth-order valence-electron chi connectivity index (χ4n) is 4.65. The molecule has 33 heavy (non-hydrogen) atoms. The minimum absolute atomic E-state index is 0.121. The molecule has 10 heteroatoms. The van der Waals surface area contributed by atoms with Gasteiger partial charge in [-0.25, -0.2) is 14.9 Å². The van der Waals surface area contributed by atoms with Gasteiger partial charge in [-0.2, -0.15) is 15.1 Å². The van der Waals surface area contributed by atoms with Crippen LogP contribution in [0.25, 0.3) is 28.4 Å². The molecule has 1 aromatic carbocycles. The number of nitrogens with zero attached hydrogens (tertiary/aromatic N) is 8. The number of anilines is 1. The smallest absolute Gasteiger partial charge is 0.269 e. The highest BCUT2D eigenvalue weighted by Crippen LogP contribution is 2.39. The molecule has 0 N–H and O–H groups in total. The van der Waals surface area contributed by atoms with Crippen molar-refractivity contribution >= 4 is 23.7 Å². The number of ether oxygens (including phenoxy) is 1. The molecule has 0 atom stereocenters. The van der Waals surface area contributed by atoms with E-state index in [2.05, 4.69) is 15.4 Å². The van der Waals surface area contributed by atoms with Crippen LogP contribution < -0.4 is 4.90 Å². The topological polar surface area (TPSA) is 97.7 Å². The van der Waals surface area contributed by atoms with Crippen molar-refractivity contribution in [1.29, 1.82) is 5.26 Å². The third-order valence-corrected chi connectivity index (χ3v) is 6.58. The lowest BCUT2D eigenvalue weighted by Crippen LogP contribution is -2.37. The molecule has 2 aliphatic rings. The van der Waals surface area contributed by atoms with E-state index in [4.69, 9.17) is 24.8 Å². The molecule has 2 saturated heterocycles. The van der Waals surface area contributed by atoms with Crippen molar-refractivity contribution in [2.24, 2.45) is 7.05 Å². The van der Waals surface area contributed by atoms with E-state index in [1.807, 2.05) is 49.6 Å². The minimum Gasteiger partial charge on any atom is -0.378 e. The predicted octanol–water partition coefficient (Wildman–Crippen LogP) is 2.71. The molecule has 5 heterocycles. The van der Waals surface area contributed by atoms with Gasteiger partial charge in [-0.05, 0) is 6.07 Å². The quantitative estimate of drug-likeness (QED) is 0.452. The molecule has 0 saturated carbocycles. The third kappa shape index (κ3) is 3.45. The summed E-state index contributed by atoms with van der Waals surface area (Å²) < 4.78 is 9.35. The zero-order chi connectivity index (χ0) is 22.4. The molecule has 0 unspecified atom stereocenters. The first kappa shape index (κ1) is 19.9. The number of benzene rings is 1. The monoisotopic (exact) mass is 438 g/mol. The van der Waals surface area contributed by atoms with Crippen LogP contribution in [0.2, 0.25) is 12.6 Å². The Kier molecular flexibility index (Phi) is 4.84. The number of nitriles is 1. The van der Waals surface area contributed by atoms with Crippen LogP contribution in [-0.4, -0.2) is 62.3 Å². The van der Waals surface area contributed by atoms with Gasteiger partial charge < -0.3 is 14.2 Å². The summed E-state index contributed by atoms with van der Waals surface area (Å²) in [4.78, 5) is 17.0. The molecule has 4 aromatic rings. The number of aromatic nitrogens is 6. The normalized spacial score (nSPS) is 16.7. The van der Waals surface area contributed by atoms with Crippen molar-refractivity contribution in [1.82, 2.24) is 29.3 Å². The standard InChI is InChI=1S/C23H23BN8O/c1-30-20(17-13-24(14-17)15-25)26-19-21(30)27-23(28-22(19)31-9-11-33-12-10-31)32-8-7-18(29-32)16-5-3-2-4-6-16/h2-8,17H,9-14H2,1H3. The van der Waals surface area contributed by atoms with Crippen molar-refractivity contribution in [2.45, 2.75) is 18.6 Å². The van der Waals surface area contributed by atoms with Crippen LogP contribution >= 0.6 is 0 Å². The van der Waals surface area contributed by atoms with Crippen LogP contribution in [0.4, 0.5) is 5.82 Å². The lowest BCUT2D eigenvalue weighted by Gasteiger charge is -2.28. The maximum atomic E-state index is 9.19. The van der Waals surface area contributed by atoms with Crippen LogP contribution in [0.5, 0.6) is 0 Å². The molecule has 2 aliphatic heterocycles. The summed E-state index contributed by atoms with van der Waals surface area (Å²) in [5.74, 6) is 4.95. The average molecular weight is 438 g/mol. The minimum atomic E-state index is 0.121. The van der Waals surface area contributed by atoms with E-state index in [0.29, 0.717) is 19.2 Å². The molecule has 0 bridgehead atoms. The summed E-state index contributed by atoms with van der Waals surface area (Å²) in [5, 5.41) is 13.9. The zero-order valence-electron chi connectivity index (χ0n) is 18.4. The highest BCUT2D eigenvalue weighted by atomic mass is 16.5. The van der Waals surface area contributed by atoms with Gasteiger partial charge >= 0.3 is 0 Å². The molecule has 164 valence electrons. The largest absolute Gasteiger partial charge is 0.378 e. The van der Waals surface area contributed by atoms with Crippen molar-refractivity contribution in [2.75, 3.05) is 31.2 Å². The number of imidazole rings is 1. The fraction of sp³-hybridized carbons (Fsp3) is 0.348. The van der Waals surface area contributed by atoms with Crippen molar-refractivity contribution in [3.63, 3.8) is 0 Å². The van der Waals surface area contributed by atoms with E-state index in [1.165, 1.54) is 0 Å². The van der Waals surface area contributed by atoms with Gasteiger partial charge in [0.2, 0.25) is 0 Å². The maximum Gasteiger partial charge on any atom is 0.269 e. The van der Waals surface area contributed by atoms with Gasteiger partial charge in [-0.1, -0.05) is 43.0 Å². The summed E-state index contributed by atoms with van der Waals surface area (Å²) in [7, 11) is 2.00. The number of fused-ring (bicyclic) bond motifs is 1. The van der Waals surface area contributed by atoms with Gasteiger partial charge in [0.25, 0.3) is 12.7 Å². The lowest BCUT2D eigenvalue weighted by atomic mass is 9.32. The maximum absolute atomic E-state index is 9.19. The Balaban J connectivity index is 1.45. The second-order valence-electron chi connectivity index (χ2n) is 8.65. The van der Waals surface area contributed by atoms with Crippen molar-refractivity contribution in [3.05, 3.63) is 48.4 Å². The molecule has 0 spiro atoms. The van der Waals surface area contributed by atoms with E-state index in [-0.39, 0.29) is 12.6 Å². The van der Waals surface area contributed by atoms with Crippen LogP contribution in [0.3, 0.4) is 0 Å². The Bertz CT molecular complexity index is 1350. The molecule has 6 rings (SSSR count). The number of hydrogen-bond acceptors (Lipinski definition) is 7. The van der Waals surface area contributed by atoms with Crippen molar-refractivity contribution in [3.8, 4) is 23.2 Å². The Morgan fingerprint density at radius 1 is 1.06 bits per heavy atom. The molecule has 0 aliphatic carbocycles. The summed E-state index contributed by atoms with van der Waals surface area (Å²) in [6.45, 7) is 2.95. The average Bonchev–Trinajstić information content (AvgIpc) is 3.45. The van der Waals surface area contributed by atoms with Gasteiger partial charge in [0.1, 0.15) is 5.82 Å². The second kappa shape index (κ2) is 8.01. The molecular formula is C23H23BN8O. The van der Waals surface area contributed by atoms with E-state index in [9.17, 15) is 5.26 Å². The van der Waals surface area contributed by atoms with Gasteiger partial charge in [0.05, 0.1) is 18.9 Å². The summed E-state index contributed by atoms with van der Waals surface area (Å²) in [6, 6.07) is 12.0. The predicted molar refractivity (Wildman–Crippen MR) is 126 cm³/mol. The van der Waals surface area contributed by atoms with Crippen LogP contribution in [0.1, 0.15) is 11.7 Å². The molecule has 0 amide bonds. The Morgan fingerprint density at radius 3 is 2.61 bits per heavy atom. The summed E-state index contributed by atoms with van der Waals surface area (Å²) in [6.07, 6.45) is 3.59. The Hall–Kier alpha value is -3.71. The number of aryl methyl sites for hydroxylation is 1. The molecule has 2 fully saturated rings. The highest BCUT2D eigenvalue weighted by Gasteiger charge is 2.37. The van der Waals surface area contributed by atoms with Crippen LogP contribution in [0.15, 0.2) is 42.6 Å². The Labute approximate surface area is 191 Å². The van der Waals surface area contributed by atoms with Gasteiger partial charge in [0, 0.05) is 43.8 Å². The van der Waals surface area contributed by atoms with E-state index < -0.39 is 0 Å². The first-order valence-electron chi connectivity index (χ1n) is 11.3. The Morgan fingerprint density at radius 2 is 1.85 bits per heavy atom. The highest BCUT2D eigenvalue weighted by molar-refractivity contribution is 6.70. The van der Waals surface area contributed by atoms with Crippen LogP contribution in [0, 0.1) is 11.2 Å². The summed E-state index contributed by atoms with van der Waals surface area (Å²) in [5.41, 5.74) is 3.50. The zero-order valence-corrected chi connectivity index (χ0v) is 18.4. The fourth-order valence-corrected chi connectivity index (χ4v) is 4.65. The van der Waals surface area contributed by atoms with Gasteiger partial charge in [-0.3, -0.25) is 0 Å². The van der Waals surface area contributed by atoms with Gasteiger partial charge in [-0.15, -0.1) is 0 Å². The van der Waals surface area contributed by atoms with Crippen molar-refractivity contribution < 1.29 is 4.74 Å². The van der Waals surface area contributed by atoms with Crippen LogP contribution in [-0.2, 0) is 11.8 Å². The first-order valence-corrected chi connectivity index (χ1v) is 11.3. The first-order chi connectivity index (χ1) is 16.2. The molecule has 3 aromatic heterocycles. The third-order valence-electron chi connectivity index (χ3n) is 6.58. The van der Waals surface area contributed by atoms with E-state index in [1.54, 1.807) is 4.68 Å². The number of morpholine rings is 1. The molecule has 0 radical (unpaired) electrons. The second-order valence-corrected chi connectivity index (χ2v) is 8.65. The van der Waals surface area contributed by atoms with E-state index >= 15 is 0 Å². The number of hydrogen-bond donors (Lipinski definition) is 0. The lowest BCUT2D eigenvalue weighted by molar-refractivity contribution is 0.122. The molecule has 9 nitrogen and oxygen atoms in total. The van der Waals surface area contributed by atoms with Gasteiger partial charge in [0.15, 0.2) is 17.0 Å². The molecular weight excluding hydrogens is 415 g/mol. The SMILES string of the molecule is Cn1c(C2CB(C#N)C2)nc2c(N3CCOCC3)nc(-n3ccc(-c4ccccc4)n3)nc21. The van der Waals surface area contributed by atoms with E-state index in [0.717, 1.165) is 59.8 Å².